The second kappa shape index (κ2) is 6.90. The van der Waals surface area contributed by atoms with E-state index in [-0.39, 0.29) is 0 Å². The number of aliphatic hydroxyl groups excluding tert-OH is 1. The Hall–Kier alpha value is -1.56. The molecule has 96 valence electrons. The minimum absolute atomic E-state index is 0.391. The predicted octanol–water partition coefficient (Wildman–Crippen LogP) is 1.10. The van der Waals surface area contributed by atoms with E-state index in [4.69, 9.17) is 4.74 Å². The molecule has 6 nitrogen and oxygen atoms in total. The van der Waals surface area contributed by atoms with Gasteiger partial charge in [-0.05, 0) is 13.3 Å². The SMILES string of the molecule is CCNc1ncnc(NCC(O)CC)c1OC. The summed E-state index contributed by atoms with van der Waals surface area (Å²) in [6, 6.07) is 0. The molecule has 1 atom stereocenters. The Morgan fingerprint density at radius 1 is 1.29 bits per heavy atom. The number of nitrogens with zero attached hydrogens (tertiary/aromatic N) is 2. The average Bonchev–Trinajstić information content (AvgIpc) is 2.36. The number of hydrogen-bond donors (Lipinski definition) is 3. The van der Waals surface area contributed by atoms with Gasteiger partial charge in [0.1, 0.15) is 6.33 Å². The molecule has 0 aliphatic heterocycles. The van der Waals surface area contributed by atoms with Gasteiger partial charge >= 0.3 is 0 Å². The molecule has 0 aliphatic rings. The van der Waals surface area contributed by atoms with Crippen molar-refractivity contribution in [3.63, 3.8) is 0 Å². The lowest BCUT2D eigenvalue weighted by Crippen LogP contribution is -2.19. The van der Waals surface area contributed by atoms with E-state index < -0.39 is 6.10 Å². The van der Waals surface area contributed by atoms with Crippen LogP contribution in [0.4, 0.5) is 11.6 Å². The van der Waals surface area contributed by atoms with Gasteiger partial charge in [-0.15, -0.1) is 0 Å². The molecule has 1 rings (SSSR count). The molecule has 1 heterocycles. The van der Waals surface area contributed by atoms with Crippen molar-refractivity contribution in [3.05, 3.63) is 6.33 Å². The maximum atomic E-state index is 9.49. The molecule has 0 saturated carbocycles. The first kappa shape index (κ1) is 13.5. The second-order valence-electron chi connectivity index (χ2n) is 3.58. The molecule has 17 heavy (non-hydrogen) atoms. The zero-order chi connectivity index (χ0) is 12.7. The first-order chi connectivity index (χ1) is 8.22. The zero-order valence-corrected chi connectivity index (χ0v) is 10.5. The fourth-order valence-corrected chi connectivity index (χ4v) is 1.35. The van der Waals surface area contributed by atoms with Gasteiger partial charge in [0, 0.05) is 13.1 Å². The molecule has 0 amide bonds. The molecule has 3 N–H and O–H groups in total. The maximum absolute atomic E-state index is 9.49. The molecule has 6 heteroatoms. The number of anilines is 2. The average molecular weight is 240 g/mol. The van der Waals surface area contributed by atoms with Crippen LogP contribution in [0, 0.1) is 0 Å². The summed E-state index contributed by atoms with van der Waals surface area (Å²) in [5.74, 6) is 1.81. The monoisotopic (exact) mass is 240 g/mol. The van der Waals surface area contributed by atoms with Crippen molar-refractivity contribution in [2.45, 2.75) is 26.4 Å². The maximum Gasteiger partial charge on any atom is 0.204 e. The van der Waals surface area contributed by atoms with E-state index in [2.05, 4.69) is 20.6 Å². The zero-order valence-electron chi connectivity index (χ0n) is 10.5. The molecule has 0 aromatic carbocycles. The smallest absolute Gasteiger partial charge is 0.204 e. The van der Waals surface area contributed by atoms with Crippen molar-refractivity contribution in [2.24, 2.45) is 0 Å². The highest BCUT2D eigenvalue weighted by atomic mass is 16.5. The van der Waals surface area contributed by atoms with Crippen LogP contribution in [0.15, 0.2) is 6.33 Å². The van der Waals surface area contributed by atoms with Crippen LogP contribution in [0.2, 0.25) is 0 Å². The van der Waals surface area contributed by atoms with Crippen molar-refractivity contribution in [2.75, 3.05) is 30.8 Å². The molecular weight excluding hydrogens is 220 g/mol. The fourth-order valence-electron chi connectivity index (χ4n) is 1.35. The summed E-state index contributed by atoms with van der Waals surface area (Å²) >= 11 is 0. The third kappa shape index (κ3) is 3.74. The molecule has 0 fully saturated rings. The van der Waals surface area contributed by atoms with Crippen LogP contribution in [-0.4, -0.2) is 41.4 Å². The number of hydrogen-bond acceptors (Lipinski definition) is 6. The van der Waals surface area contributed by atoms with Gasteiger partial charge in [-0.3, -0.25) is 0 Å². The lowest BCUT2D eigenvalue weighted by Gasteiger charge is -2.15. The first-order valence-electron chi connectivity index (χ1n) is 5.77. The van der Waals surface area contributed by atoms with Crippen LogP contribution in [-0.2, 0) is 0 Å². The van der Waals surface area contributed by atoms with Crippen LogP contribution in [0.25, 0.3) is 0 Å². The predicted molar refractivity (Wildman–Crippen MR) is 67.5 cm³/mol. The van der Waals surface area contributed by atoms with Gasteiger partial charge in [-0.2, -0.15) is 0 Å². The molecule has 0 radical (unpaired) electrons. The summed E-state index contributed by atoms with van der Waals surface area (Å²) in [5.41, 5.74) is 0. The Balaban J connectivity index is 2.79. The van der Waals surface area contributed by atoms with Gasteiger partial charge in [0.05, 0.1) is 13.2 Å². The second-order valence-corrected chi connectivity index (χ2v) is 3.58. The minimum atomic E-state index is -0.391. The Morgan fingerprint density at radius 3 is 2.47 bits per heavy atom. The Bertz CT molecular complexity index is 346. The summed E-state index contributed by atoms with van der Waals surface area (Å²) in [6.45, 7) is 5.10. The van der Waals surface area contributed by atoms with E-state index in [9.17, 15) is 5.11 Å². The van der Waals surface area contributed by atoms with Gasteiger partial charge in [0.2, 0.25) is 5.75 Å². The third-order valence-electron chi connectivity index (χ3n) is 2.33. The molecule has 1 aromatic rings. The summed E-state index contributed by atoms with van der Waals surface area (Å²) < 4.78 is 5.26. The molecule has 0 bridgehead atoms. The fraction of sp³-hybridized carbons (Fsp3) is 0.636. The van der Waals surface area contributed by atoms with E-state index in [1.54, 1.807) is 7.11 Å². The molecule has 0 aliphatic carbocycles. The summed E-state index contributed by atoms with van der Waals surface area (Å²) in [7, 11) is 1.57. The Morgan fingerprint density at radius 2 is 1.94 bits per heavy atom. The number of nitrogens with one attached hydrogen (secondary N) is 2. The Labute approximate surface area is 101 Å². The third-order valence-corrected chi connectivity index (χ3v) is 2.33. The highest BCUT2D eigenvalue weighted by Gasteiger charge is 2.12. The van der Waals surface area contributed by atoms with Crippen LogP contribution in [0.3, 0.4) is 0 Å². The topological polar surface area (TPSA) is 79.3 Å². The molecule has 1 unspecified atom stereocenters. The van der Waals surface area contributed by atoms with Crippen molar-refractivity contribution >= 4 is 11.6 Å². The Kier molecular flexibility index (Phi) is 5.48. The highest BCUT2D eigenvalue weighted by molar-refractivity contribution is 5.63. The number of methoxy groups -OCH3 is 1. The van der Waals surface area contributed by atoms with E-state index in [0.29, 0.717) is 30.4 Å². The highest BCUT2D eigenvalue weighted by Crippen LogP contribution is 2.28. The summed E-state index contributed by atoms with van der Waals surface area (Å²) in [5, 5.41) is 15.6. The van der Waals surface area contributed by atoms with Crippen molar-refractivity contribution in [1.82, 2.24) is 9.97 Å². The van der Waals surface area contributed by atoms with Gasteiger partial charge in [-0.1, -0.05) is 6.92 Å². The van der Waals surface area contributed by atoms with Crippen LogP contribution >= 0.6 is 0 Å². The van der Waals surface area contributed by atoms with Crippen molar-refractivity contribution < 1.29 is 9.84 Å². The first-order valence-corrected chi connectivity index (χ1v) is 5.77. The normalized spacial score (nSPS) is 12.0. The lowest BCUT2D eigenvalue weighted by atomic mass is 10.3. The van der Waals surface area contributed by atoms with Crippen LogP contribution in [0.1, 0.15) is 20.3 Å². The minimum Gasteiger partial charge on any atom is -0.490 e. The van der Waals surface area contributed by atoms with Crippen molar-refractivity contribution in [3.8, 4) is 5.75 Å². The van der Waals surface area contributed by atoms with E-state index >= 15 is 0 Å². The number of rotatable bonds is 7. The summed E-state index contributed by atoms with van der Waals surface area (Å²) in [4.78, 5) is 8.20. The van der Waals surface area contributed by atoms with Gasteiger partial charge in [0.25, 0.3) is 0 Å². The number of aromatic nitrogens is 2. The molecule has 0 saturated heterocycles. The standard InChI is InChI=1S/C11H20N4O2/c1-4-8(16)6-13-11-9(17-3)10(12-5-2)14-7-15-11/h7-8,16H,4-6H2,1-3H3,(H2,12,13,14,15). The van der Waals surface area contributed by atoms with Gasteiger partial charge in [0.15, 0.2) is 11.6 Å². The molecule has 1 aromatic heterocycles. The largest absolute Gasteiger partial charge is 0.490 e. The summed E-state index contributed by atoms with van der Waals surface area (Å²) in [6.07, 6.45) is 1.76. The lowest BCUT2D eigenvalue weighted by molar-refractivity contribution is 0.183. The number of aliphatic hydroxyl groups is 1. The molecular formula is C11H20N4O2. The van der Waals surface area contributed by atoms with E-state index in [1.807, 2.05) is 13.8 Å². The van der Waals surface area contributed by atoms with Crippen molar-refractivity contribution in [1.29, 1.82) is 0 Å². The van der Waals surface area contributed by atoms with E-state index in [0.717, 1.165) is 6.54 Å². The molecule has 0 spiro atoms. The number of ether oxygens (including phenoxy) is 1. The van der Waals surface area contributed by atoms with E-state index in [1.165, 1.54) is 6.33 Å². The van der Waals surface area contributed by atoms with Crippen LogP contribution < -0.4 is 15.4 Å². The quantitative estimate of drug-likeness (QED) is 0.662. The van der Waals surface area contributed by atoms with Gasteiger partial charge < -0.3 is 20.5 Å². The van der Waals surface area contributed by atoms with Gasteiger partial charge in [-0.25, -0.2) is 9.97 Å². The van der Waals surface area contributed by atoms with Crippen LogP contribution in [0.5, 0.6) is 5.75 Å².